The number of hydrogen-bond donors (Lipinski definition) is 1. The topological polar surface area (TPSA) is 67.9 Å². The molecule has 0 saturated heterocycles. The van der Waals surface area contributed by atoms with E-state index >= 15 is 0 Å². The Morgan fingerprint density at radius 1 is 1.23 bits per heavy atom. The summed E-state index contributed by atoms with van der Waals surface area (Å²) in [7, 11) is 0. The maximum absolute atomic E-state index is 5.79. The van der Waals surface area contributed by atoms with E-state index in [4.69, 9.17) is 5.73 Å². The van der Waals surface area contributed by atoms with Crippen LogP contribution in [0.15, 0.2) is 16.9 Å². The van der Waals surface area contributed by atoms with E-state index in [1.165, 1.54) is 16.7 Å². The van der Waals surface area contributed by atoms with Gasteiger partial charge in [0.25, 0.3) is 0 Å². The maximum Gasteiger partial charge on any atom is 0.223 e. The molecule has 0 amide bonds. The molecule has 1 aliphatic rings. The summed E-state index contributed by atoms with van der Waals surface area (Å²) in [5.41, 5.74) is 11.6. The quantitative estimate of drug-likeness (QED) is 0.834. The Bertz CT molecular complexity index is 770. The number of nitrogens with zero attached hydrogens (tertiary/aromatic N) is 4. The summed E-state index contributed by atoms with van der Waals surface area (Å²) < 4.78 is 0.723. The molecule has 2 aromatic heterocycles. The molecular formula is C16H18BrN5. The van der Waals surface area contributed by atoms with Crippen molar-refractivity contribution >= 4 is 33.8 Å². The standard InChI is InChI=1S/C16H18BrN5/c1-9-7-19-13(11(3)10(9)2)8-22-6-4-5-12-14(17)20-16(18)21-15(12)22/h4-5,7H,6,8H2,1-3H3,(H2,18,20,21). The Balaban J connectivity index is 1.99. The fourth-order valence-electron chi connectivity index (χ4n) is 2.58. The second kappa shape index (κ2) is 5.68. The van der Waals surface area contributed by atoms with Crippen molar-refractivity contribution in [2.75, 3.05) is 17.2 Å². The number of nitrogen functional groups attached to an aromatic ring is 1. The molecule has 2 aromatic rings. The zero-order valence-corrected chi connectivity index (χ0v) is 14.5. The molecule has 0 aliphatic carbocycles. The van der Waals surface area contributed by atoms with E-state index in [-0.39, 0.29) is 5.95 Å². The molecule has 5 nitrogen and oxygen atoms in total. The average molecular weight is 360 g/mol. The highest BCUT2D eigenvalue weighted by Gasteiger charge is 2.20. The van der Waals surface area contributed by atoms with Crippen LogP contribution >= 0.6 is 15.9 Å². The first-order chi connectivity index (χ1) is 10.5. The summed E-state index contributed by atoms with van der Waals surface area (Å²) in [5.74, 6) is 1.12. The smallest absolute Gasteiger partial charge is 0.223 e. The Morgan fingerprint density at radius 3 is 2.77 bits per heavy atom. The second-order valence-corrected chi connectivity index (χ2v) is 6.28. The van der Waals surface area contributed by atoms with Gasteiger partial charge in [0.05, 0.1) is 12.2 Å². The number of aryl methyl sites for hydroxylation is 1. The highest BCUT2D eigenvalue weighted by molar-refractivity contribution is 9.10. The van der Waals surface area contributed by atoms with Gasteiger partial charge in [0.1, 0.15) is 10.4 Å². The van der Waals surface area contributed by atoms with Crippen molar-refractivity contribution in [2.45, 2.75) is 27.3 Å². The Morgan fingerprint density at radius 2 is 2.00 bits per heavy atom. The highest BCUT2D eigenvalue weighted by atomic mass is 79.9. The van der Waals surface area contributed by atoms with Crippen molar-refractivity contribution in [1.29, 1.82) is 0 Å². The molecule has 0 saturated carbocycles. The Kier molecular flexibility index (Phi) is 3.87. The summed E-state index contributed by atoms with van der Waals surface area (Å²) >= 11 is 3.46. The van der Waals surface area contributed by atoms with E-state index in [2.05, 4.69) is 62.6 Å². The predicted octanol–water partition coefficient (Wildman–Crippen LogP) is 3.17. The molecule has 3 heterocycles. The van der Waals surface area contributed by atoms with E-state index in [0.29, 0.717) is 6.54 Å². The molecule has 3 rings (SSSR count). The summed E-state index contributed by atoms with van der Waals surface area (Å²) in [6.07, 6.45) is 6.06. The zero-order chi connectivity index (χ0) is 15.9. The molecule has 0 bridgehead atoms. The monoisotopic (exact) mass is 359 g/mol. The van der Waals surface area contributed by atoms with Gasteiger partial charge in [-0.2, -0.15) is 4.98 Å². The third-order valence-electron chi connectivity index (χ3n) is 4.15. The molecule has 0 radical (unpaired) electrons. The van der Waals surface area contributed by atoms with Gasteiger partial charge in [-0.15, -0.1) is 0 Å². The molecule has 0 atom stereocenters. The van der Waals surface area contributed by atoms with Crippen molar-refractivity contribution in [3.8, 4) is 0 Å². The fraction of sp³-hybridized carbons (Fsp3) is 0.312. The van der Waals surface area contributed by atoms with E-state index in [0.717, 1.165) is 28.2 Å². The van der Waals surface area contributed by atoms with Crippen LogP contribution in [0.5, 0.6) is 0 Å². The second-order valence-electron chi connectivity index (χ2n) is 5.53. The van der Waals surface area contributed by atoms with Gasteiger partial charge in [-0.3, -0.25) is 4.98 Å². The third kappa shape index (κ3) is 2.59. The van der Waals surface area contributed by atoms with E-state index in [1.54, 1.807) is 0 Å². The predicted molar refractivity (Wildman–Crippen MR) is 92.7 cm³/mol. The number of aromatic nitrogens is 3. The molecule has 0 unspecified atom stereocenters. The minimum absolute atomic E-state index is 0.274. The number of nitrogens with two attached hydrogens (primary N) is 1. The van der Waals surface area contributed by atoms with Gasteiger partial charge in [-0.1, -0.05) is 12.2 Å². The van der Waals surface area contributed by atoms with Crippen LogP contribution < -0.4 is 10.6 Å². The first kappa shape index (κ1) is 15.0. The van der Waals surface area contributed by atoms with Crippen LogP contribution in [0.1, 0.15) is 27.9 Å². The average Bonchev–Trinajstić information content (AvgIpc) is 2.48. The first-order valence-electron chi connectivity index (χ1n) is 7.13. The van der Waals surface area contributed by atoms with Crippen LogP contribution in [0.4, 0.5) is 11.8 Å². The van der Waals surface area contributed by atoms with E-state index in [9.17, 15) is 0 Å². The lowest BCUT2D eigenvalue weighted by Gasteiger charge is -2.27. The molecule has 6 heteroatoms. The Labute approximate surface area is 138 Å². The number of rotatable bonds is 2. The van der Waals surface area contributed by atoms with Gasteiger partial charge >= 0.3 is 0 Å². The van der Waals surface area contributed by atoms with Gasteiger partial charge in [0.2, 0.25) is 5.95 Å². The molecule has 1 aliphatic heterocycles. The number of anilines is 2. The molecule has 22 heavy (non-hydrogen) atoms. The van der Waals surface area contributed by atoms with Crippen molar-refractivity contribution < 1.29 is 0 Å². The van der Waals surface area contributed by atoms with Gasteiger partial charge in [0.15, 0.2) is 0 Å². The van der Waals surface area contributed by atoms with Crippen molar-refractivity contribution in [3.63, 3.8) is 0 Å². The lowest BCUT2D eigenvalue weighted by molar-refractivity contribution is 0.802. The molecule has 0 aromatic carbocycles. The molecule has 0 fully saturated rings. The minimum atomic E-state index is 0.274. The maximum atomic E-state index is 5.79. The molecule has 0 spiro atoms. The molecular weight excluding hydrogens is 342 g/mol. The number of pyridine rings is 1. The lowest BCUT2D eigenvalue weighted by Crippen LogP contribution is -2.28. The number of halogens is 1. The lowest BCUT2D eigenvalue weighted by atomic mass is 10.0. The first-order valence-corrected chi connectivity index (χ1v) is 7.93. The Hall–Kier alpha value is -1.95. The van der Waals surface area contributed by atoms with Crippen LogP contribution in [0.3, 0.4) is 0 Å². The van der Waals surface area contributed by atoms with E-state index < -0.39 is 0 Å². The van der Waals surface area contributed by atoms with Crippen molar-refractivity contribution in [3.05, 3.63) is 44.8 Å². The summed E-state index contributed by atoms with van der Waals surface area (Å²) in [4.78, 5) is 15.3. The highest BCUT2D eigenvalue weighted by Crippen LogP contribution is 2.31. The van der Waals surface area contributed by atoms with Crippen molar-refractivity contribution in [1.82, 2.24) is 15.0 Å². The van der Waals surface area contributed by atoms with Crippen LogP contribution in [-0.2, 0) is 6.54 Å². The molecule has 114 valence electrons. The van der Waals surface area contributed by atoms with E-state index in [1.807, 2.05) is 12.3 Å². The van der Waals surface area contributed by atoms with Crippen LogP contribution in [0.2, 0.25) is 0 Å². The summed E-state index contributed by atoms with van der Waals surface area (Å²) in [6, 6.07) is 0. The number of hydrogen-bond acceptors (Lipinski definition) is 5. The van der Waals surface area contributed by atoms with Crippen LogP contribution in [-0.4, -0.2) is 21.5 Å². The zero-order valence-electron chi connectivity index (χ0n) is 12.9. The minimum Gasteiger partial charge on any atom is -0.368 e. The SMILES string of the molecule is Cc1cnc(CN2CC=Cc3c(Br)nc(N)nc32)c(C)c1C. The number of fused-ring (bicyclic) bond motifs is 1. The van der Waals surface area contributed by atoms with Gasteiger partial charge in [-0.25, -0.2) is 4.98 Å². The molecule has 2 N–H and O–H groups in total. The van der Waals surface area contributed by atoms with Crippen LogP contribution in [0.25, 0.3) is 6.08 Å². The summed E-state index contributed by atoms with van der Waals surface area (Å²) in [5, 5.41) is 0. The van der Waals surface area contributed by atoms with Gasteiger partial charge < -0.3 is 10.6 Å². The van der Waals surface area contributed by atoms with Gasteiger partial charge in [0, 0.05) is 18.3 Å². The third-order valence-corrected chi connectivity index (χ3v) is 4.75. The summed E-state index contributed by atoms with van der Waals surface area (Å²) in [6.45, 7) is 7.83. The fourth-order valence-corrected chi connectivity index (χ4v) is 3.07. The van der Waals surface area contributed by atoms with Gasteiger partial charge in [-0.05, 0) is 53.4 Å². The largest absolute Gasteiger partial charge is 0.368 e. The van der Waals surface area contributed by atoms with Crippen molar-refractivity contribution in [2.24, 2.45) is 0 Å². The van der Waals surface area contributed by atoms with Crippen LogP contribution in [0, 0.1) is 20.8 Å². The normalized spacial score (nSPS) is 13.4.